The molecule has 1 aliphatic carbocycles. The first-order valence-electron chi connectivity index (χ1n) is 4.29. The fourth-order valence-corrected chi connectivity index (χ4v) is 1.72. The molecule has 0 atom stereocenters. The largest absolute Gasteiger partial charge is 0.506 e. The first kappa shape index (κ1) is 8.10. The third-order valence-corrected chi connectivity index (χ3v) is 2.47. The Kier molecular flexibility index (Phi) is 1.72. The number of benzene rings is 1. The van der Waals surface area contributed by atoms with Crippen LogP contribution in [-0.2, 0) is 17.6 Å². The van der Waals surface area contributed by atoms with E-state index in [0.29, 0.717) is 24.9 Å². The molecule has 0 spiro atoms. The molecular weight excluding hydrogens is 166 g/mol. The molecule has 3 heteroatoms. The summed E-state index contributed by atoms with van der Waals surface area (Å²) in [5, 5.41) is 9.33. The summed E-state index contributed by atoms with van der Waals surface area (Å²) >= 11 is 0. The van der Waals surface area contributed by atoms with Crippen LogP contribution < -0.4 is 5.73 Å². The van der Waals surface area contributed by atoms with Gasteiger partial charge >= 0.3 is 0 Å². The minimum Gasteiger partial charge on any atom is -0.506 e. The number of phenolic OH excluding ortho intramolecular Hbond substituents is 1. The minimum absolute atomic E-state index is 0.119. The van der Waals surface area contributed by atoms with Crippen LogP contribution in [0.4, 0.5) is 5.69 Å². The van der Waals surface area contributed by atoms with Crippen LogP contribution in [0, 0.1) is 0 Å². The molecule has 0 fully saturated rings. The van der Waals surface area contributed by atoms with Crippen LogP contribution in [-0.4, -0.2) is 10.9 Å². The topological polar surface area (TPSA) is 63.3 Å². The van der Waals surface area contributed by atoms with E-state index in [4.69, 9.17) is 5.73 Å². The summed E-state index contributed by atoms with van der Waals surface area (Å²) in [6.45, 7) is 0. The number of carbonyl (C=O) groups excluding carboxylic acids is 1. The second-order valence-electron chi connectivity index (χ2n) is 3.35. The monoisotopic (exact) mass is 177 g/mol. The molecule has 1 aromatic carbocycles. The van der Waals surface area contributed by atoms with E-state index in [1.54, 1.807) is 12.1 Å². The fourth-order valence-electron chi connectivity index (χ4n) is 1.72. The van der Waals surface area contributed by atoms with Gasteiger partial charge in [-0.1, -0.05) is 6.07 Å². The van der Waals surface area contributed by atoms with Gasteiger partial charge in [-0.15, -0.1) is 0 Å². The van der Waals surface area contributed by atoms with Gasteiger partial charge in [-0.05, 0) is 23.6 Å². The zero-order valence-corrected chi connectivity index (χ0v) is 7.21. The Morgan fingerprint density at radius 3 is 2.85 bits per heavy atom. The predicted molar refractivity (Wildman–Crippen MR) is 49.6 cm³/mol. The lowest BCUT2D eigenvalue weighted by Gasteiger charge is -2.17. The molecule has 13 heavy (non-hydrogen) atoms. The molecule has 0 saturated carbocycles. The van der Waals surface area contributed by atoms with Crippen molar-refractivity contribution in [3.05, 3.63) is 23.3 Å². The van der Waals surface area contributed by atoms with E-state index in [9.17, 15) is 9.90 Å². The third-order valence-electron chi connectivity index (χ3n) is 2.47. The average molecular weight is 177 g/mol. The highest BCUT2D eigenvalue weighted by atomic mass is 16.3. The molecule has 68 valence electrons. The number of hydrogen-bond donors (Lipinski definition) is 2. The minimum atomic E-state index is 0.119. The number of nitrogen functional groups attached to an aromatic ring is 1. The smallest absolute Gasteiger partial charge is 0.138 e. The summed E-state index contributed by atoms with van der Waals surface area (Å²) < 4.78 is 0. The highest BCUT2D eigenvalue weighted by molar-refractivity contribution is 5.84. The van der Waals surface area contributed by atoms with Crippen molar-refractivity contribution in [2.75, 3.05) is 5.73 Å². The van der Waals surface area contributed by atoms with E-state index in [1.165, 1.54) is 0 Å². The van der Waals surface area contributed by atoms with Gasteiger partial charge in [0.15, 0.2) is 0 Å². The summed E-state index contributed by atoms with van der Waals surface area (Å²) in [7, 11) is 0. The zero-order chi connectivity index (χ0) is 9.42. The molecule has 0 unspecified atom stereocenters. The van der Waals surface area contributed by atoms with Crippen LogP contribution in [0.2, 0.25) is 0 Å². The maximum absolute atomic E-state index is 11.1. The molecule has 3 N–H and O–H groups in total. The maximum Gasteiger partial charge on any atom is 0.138 e. The van der Waals surface area contributed by atoms with E-state index >= 15 is 0 Å². The van der Waals surface area contributed by atoms with Gasteiger partial charge in [0.25, 0.3) is 0 Å². The maximum atomic E-state index is 11.1. The number of aromatic hydroxyl groups is 1. The lowest BCUT2D eigenvalue weighted by atomic mass is 9.89. The van der Waals surface area contributed by atoms with E-state index < -0.39 is 0 Å². The van der Waals surface area contributed by atoms with Crippen LogP contribution in [0.15, 0.2) is 12.1 Å². The van der Waals surface area contributed by atoms with Crippen molar-refractivity contribution in [3.63, 3.8) is 0 Å². The highest BCUT2D eigenvalue weighted by Crippen LogP contribution is 2.31. The lowest BCUT2D eigenvalue weighted by Crippen LogP contribution is -2.14. The standard InChI is InChI=1S/C10H11NO2/c11-10-8-3-2-7(12)5-6(8)1-4-9(10)13/h1,4,13H,2-3,5,11H2. The summed E-state index contributed by atoms with van der Waals surface area (Å²) in [6.07, 6.45) is 1.66. The van der Waals surface area contributed by atoms with Gasteiger partial charge in [0, 0.05) is 12.8 Å². The Hall–Kier alpha value is -1.51. The second kappa shape index (κ2) is 2.76. The molecule has 3 nitrogen and oxygen atoms in total. The van der Waals surface area contributed by atoms with Crippen LogP contribution in [0.25, 0.3) is 0 Å². The van der Waals surface area contributed by atoms with Crippen molar-refractivity contribution < 1.29 is 9.90 Å². The Morgan fingerprint density at radius 2 is 2.08 bits per heavy atom. The van der Waals surface area contributed by atoms with Gasteiger partial charge in [-0.3, -0.25) is 4.79 Å². The second-order valence-corrected chi connectivity index (χ2v) is 3.35. The molecule has 0 aromatic heterocycles. The number of anilines is 1. The Labute approximate surface area is 76.2 Å². The molecule has 1 aliphatic rings. The third kappa shape index (κ3) is 1.26. The molecule has 0 amide bonds. The zero-order valence-electron chi connectivity index (χ0n) is 7.21. The Morgan fingerprint density at radius 1 is 1.31 bits per heavy atom. The molecule has 1 aromatic rings. The Balaban J connectivity index is 2.53. The van der Waals surface area contributed by atoms with E-state index in [0.717, 1.165) is 11.1 Å². The number of rotatable bonds is 0. The molecule has 0 bridgehead atoms. The molecule has 0 radical (unpaired) electrons. The lowest BCUT2D eigenvalue weighted by molar-refractivity contribution is -0.118. The Bertz CT molecular complexity index is 371. The summed E-state index contributed by atoms with van der Waals surface area (Å²) in [5.41, 5.74) is 8.03. The van der Waals surface area contributed by atoms with Crippen LogP contribution >= 0.6 is 0 Å². The number of phenols is 1. The van der Waals surface area contributed by atoms with Crippen LogP contribution in [0.3, 0.4) is 0 Å². The van der Waals surface area contributed by atoms with Gasteiger partial charge in [0.1, 0.15) is 11.5 Å². The van der Waals surface area contributed by atoms with E-state index in [1.807, 2.05) is 0 Å². The van der Waals surface area contributed by atoms with Crippen LogP contribution in [0.5, 0.6) is 5.75 Å². The van der Waals surface area contributed by atoms with Crippen molar-refractivity contribution in [2.45, 2.75) is 19.3 Å². The van der Waals surface area contributed by atoms with Gasteiger partial charge in [0.05, 0.1) is 5.69 Å². The molecule has 0 heterocycles. The highest BCUT2D eigenvalue weighted by Gasteiger charge is 2.18. The SMILES string of the molecule is Nc1c(O)ccc2c1CCC(=O)C2. The number of hydrogen-bond acceptors (Lipinski definition) is 3. The number of fused-ring (bicyclic) bond motifs is 1. The molecule has 0 aliphatic heterocycles. The van der Waals surface area contributed by atoms with Crippen molar-refractivity contribution in [2.24, 2.45) is 0 Å². The van der Waals surface area contributed by atoms with Gasteiger partial charge in [0.2, 0.25) is 0 Å². The predicted octanol–water partition coefficient (Wildman–Crippen LogP) is 1.03. The first-order valence-corrected chi connectivity index (χ1v) is 4.29. The van der Waals surface area contributed by atoms with E-state index in [2.05, 4.69) is 0 Å². The summed E-state index contributed by atoms with van der Waals surface area (Å²) in [4.78, 5) is 11.1. The number of ketones is 1. The van der Waals surface area contributed by atoms with Gasteiger partial charge in [-0.25, -0.2) is 0 Å². The van der Waals surface area contributed by atoms with Crippen molar-refractivity contribution >= 4 is 11.5 Å². The summed E-state index contributed by atoms with van der Waals surface area (Å²) in [5.74, 6) is 0.366. The molecule has 2 rings (SSSR count). The van der Waals surface area contributed by atoms with Gasteiger partial charge < -0.3 is 10.8 Å². The number of carbonyl (C=O) groups is 1. The average Bonchev–Trinajstić information content (AvgIpc) is 2.12. The summed E-state index contributed by atoms with van der Waals surface area (Å²) in [6, 6.07) is 3.32. The molecule has 0 saturated heterocycles. The fraction of sp³-hybridized carbons (Fsp3) is 0.300. The van der Waals surface area contributed by atoms with Crippen molar-refractivity contribution in [1.82, 2.24) is 0 Å². The van der Waals surface area contributed by atoms with E-state index in [-0.39, 0.29) is 11.5 Å². The normalized spacial score (nSPS) is 15.5. The quantitative estimate of drug-likeness (QED) is 0.459. The number of Topliss-reactive ketones (excluding diaryl/α,β-unsaturated/α-hetero) is 1. The first-order chi connectivity index (χ1) is 6.18. The molecular formula is C10H11NO2. The van der Waals surface area contributed by atoms with Crippen LogP contribution in [0.1, 0.15) is 17.5 Å². The van der Waals surface area contributed by atoms with Gasteiger partial charge in [-0.2, -0.15) is 0 Å². The number of nitrogens with two attached hydrogens (primary N) is 1. The van der Waals surface area contributed by atoms with Crippen molar-refractivity contribution in [3.8, 4) is 5.75 Å². The van der Waals surface area contributed by atoms with Crippen molar-refractivity contribution in [1.29, 1.82) is 0 Å².